The van der Waals surface area contributed by atoms with Crippen molar-refractivity contribution < 1.29 is 4.74 Å². The zero-order valence-corrected chi connectivity index (χ0v) is 16.3. The Bertz CT molecular complexity index is 508. The summed E-state index contributed by atoms with van der Waals surface area (Å²) in [6.07, 6.45) is 3.03. The van der Waals surface area contributed by atoms with E-state index in [9.17, 15) is 0 Å². The van der Waals surface area contributed by atoms with E-state index < -0.39 is 0 Å². The van der Waals surface area contributed by atoms with Crippen LogP contribution in [0.1, 0.15) is 51.1 Å². The molecule has 0 radical (unpaired) electrons. The number of aliphatic imine (C=N–C) groups is 1. The Morgan fingerprint density at radius 1 is 1.21 bits per heavy atom. The molecule has 1 heterocycles. The van der Waals surface area contributed by atoms with Crippen molar-refractivity contribution in [3.05, 3.63) is 17.0 Å². The molecule has 0 aliphatic carbocycles. The van der Waals surface area contributed by atoms with Gasteiger partial charge in [0, 0.05) is 45.0 Å². The van der Waals surface area contributed by atoms with E-state index in [4.69, 9.17) is 4.74 Å². The highest BCUT2D eigenvalue weighted by atomic mass is 16.5. The molecule has 0 atom stereocenters. The molecule has 0 unspecified atom stereocenters. The Morgan fingerprint density at radius 3 is 2.54 bits per heavy atom. The van der Waals surface area contributed by atoms with Crippen LogP contribution in [0.5, 0.6) is 0 Å². The van der Waals surface area contributed by atoms with Crippen molar-refractivity contribution in [2.75, 3.05) is 26.8 Å². The third-order valence-corrected chi connectivity index (χ3v) is 4.06. The number of aromatic nitrogens is 2. The van der Waals surface area contributed by atoms with Crippen LogP contribution in [0.15, 0.2) is 4.99 Å². The predicted octanol–water partition coefficient (Wildman–Crippen LogP) is 2.27. The van der Waals surface area contributed by atoms with Crippen LogP contribution in [0, 0.1) is 5.92 Å². The fourth-order valence-corrected chi connectivity index (χ4v) is 2.65. The van der Waals surface area contributed by atoms with Gasteiger partial charge in [0.2, 0.25) is 0 Å². The quantitative estimate of drug-likeness (QED) is 0.391. The second kappa shape index (κ2) is 11.1. The highest BCUT2D eigenvalue weighted by molar-refractivity contribution is 5.79. The molecule has 0 aromatic carbocycles. The SMILES string of the molecule is CCc1nn(C)c(CC)c1CNC(=NC)NCCOCCC(C)C. The molecule has 2 N–H and O–H groups in total. The lowest BCUT2D eigenvalue weighted by atomic mass is 10.1. The summed E-state index contributed by atoms with van der Waals surface area (Å²) in [6.45, 7) is 11.7. The maximum atomic E-state index is 5.62. The number of guanidine groups is 1. The molecule has 0 fully saturated rings. The topological polar surface area (TPSA) is 63.5 Å². The van der Waals surface area contributed by atoms with E-state index in [1.165, 1.54) is 11.3 Å². The zero-order valence-electron chi connectivity index (χ0n) is 16.3. The predicted molar refractivity (Wildman–Crippen MR) is 100 cm³/mol. The first-order valence-corrected chi connectivity index (χ1v) is 9.09. The second-order valence-corrected chi connectivity index (χ2v) is 6.35. The number of hydrogen-bond acceptors (Lipinski definition) is 3. The van der Waals surface area contributed by atoms with Gasteiger partial charge >= 0.3 is 0 Å². The molecule has 0 aliphatic rings. The average Bonchev–Trinajstić information content (AvgIpc) is 2.88. The molecule has 1 rings (SSSR count). The van der Waals surface area contributed by atoms with Crippen molar-refractivity contribution in [1.82, 2.24) is 20.4 Å². The molecule has 0 spiro atoms. The molecule has 138 valence electrons. The first-order valence-electron chi connectivity index (χ1n) is 9.09. The van der Waals surface area contributed by atoms with E-state index in [1.807, 2.05) is 11.7 Å². The van der Waals surface area contributed by atoms with Crippen molar-refractivity contribution >= 4 is 5.96 Å². The largest absolute Gasteiger partial charge is 0.380 e. The fraction of sp³-hybridized carbons (Fsp3) is 0.778. The number of rotatable bonds is 10. The van der Waals surface area contributed by atoms with Gasteiger partial charge in [0.05, 0.1) is 12.3 Å². The summed E-state index contributed by atoms with van der Waals surface area (Å²) in [5, 5.41) is 11.3. The first kappa shape index (κ1) is 20.5. The molecule has 0 bridgehead atoms. The fourth-order valence-electron chi connectivity index (χ4n) is 2.65. The normalized spacial score (nSPS) is 12.0. The standard InChI is InChI=1S/C18H35N5O/c1-7-16-15(17(8-2)23(6)22-16)13-21-18(19-5)20-10-12-24-11-9-14(3)4/h14H,7-13H2,1-6H3,(H2,19,20,21). The molecule has 0 aliphatic heterocycles. The highest BCUT2D eigenvalue weighted by Crippen LogP contribution is 2.15. The van der Waals surface area contributed by atoms with E-state index >= 15 is 0 Å². The van der Waals surface area contributed by atoms with Crippen molar-refractivity contribution in [3.8, 4) is 0 Å². The number of ether oxygens (including phenoxy) is 1. The maximum Gasteiger partial charge on any atom is 0.191 e. The van der Waals surface area contributed by atoms with Crippen LogP contribution < -0.4 is 10.6 Å². The van der Waals surface area contributed by atoms with Gasteiger partial charge in [-0.25, -0.2) is 0 Å². The molecule has 0 saturated heterocycles. The summed E-state index contributed by atoms with van der Waals surface area (Å²) in [5.41, 5.74) is 3.74. The molecular weight excluding hydrogens is 302 g/mol. The minimum atomic E-state index is 0.687. The highest BCUT2D eigenvalue weighted by Gasteiger charge is 2.13. The smallest absolute Gasteiger partial charge is 0.191 e. The van der Waals surface area contributed by atoms with E-state index in [0.29, 0.717) is 12.5 Å². The summed E-state index contributed by atoms with van der Waals surface area (Å²) in [4.78, 5) is 4.28. The van der Waals surface area contributed by atoms with Gasteiger partial charge in [-0.05, 0) is 25.2 Å². The summed E-state index contributed by atoms with van der Waals surface area (Å²) in [5.74, 6) is 1.49. The van der Waals surface area contributed by atoms with E-state index in [2.05, 4.69) is 48.4 Å². The third-order valence-electron chi connectivity index (χ3n) is 4.06. The molecule has 6 nitrogen and oxygen atoms in total. The lowest BCUT2D eigenvalue weighted by molar-refractivity contribution is 0.128. The molecule has 0 amide bonds. The maximum absolute atomic E-state index is 5.62. The summed E-state index contributed by atoms with van der Waals surface area (Å²) < 4.78 is 7.61. The van der Waals surface area contributed by atoms with Crippen LogP contribution in [-0.4, -0.2) is 42.5 Å². The van der Waals surface area contributed by atoms with Gasteiger partial charge in [0.25, 0.3) is 0 Å². The minimum absolute atomic E-state index is 0.687. The summed E-state index contributed by atoms with van der Waals surface area (Å²) >= 11 is 0. The van der Waals surface area contributed by atoms with Crippen LogP contribution in [0.2, 0.25) is 0 Å². The van der Waals surface area contributed by atoms with Gasteiger partial charge in [-0.2, -0.15) is 5.10 Å². The Morgan fingerprint density at radius 2 is 1.96 bits per heavy atom. The van der Waals surface area contributed by atoms with Gasteiger partial charge < -0.3 is 15.4 Å². The number of nitrogens with one attached hydrogen (secondary N) is 2. The Balaban J connectivity index is 2.42. The van der Waals surface area contributed by atoms with Crippen LogP contribution in [-0.2, 0) is 31.2 Å². The first-order chi connectivity index (χ1) is 11.5. The molecule has 24 heavy (non-hydrogen) atoms. The Labute approximate surface area is 147 Å². The third kappa shape index (κ3) is 6.51. The molecule has 0 saturated carbocycles. The lowest BCUT2D eigenvalue weighted by Gasteiger charge is -2.13. The van der Waals surface area contributed by atoms with Crippen molar-refractivity contribution in [3.63, 3.8) is 0 Å². The summed E-state index contributed by atoms with van der Waals surface area (Å²) in [7, 11) is 3.81. The summed E-state index contributed by atoms with van der Waals surface area (Å²) in [6, 6.07) is 0. The van der Waals surface area contributed by atoms with Crippen LogP contribution in [0.25, 0.3) is 0 Å². The number of hydrogen-bond donors (Lipinski definition) is 2. The van der Waals surface area contributed by atoms with Crippen molar-refractivity contribution in [2.45, 2.75) is 53.5 Å². The number of nitrogens with zero attached hydrogens (tertiary/aromatic N) is 3. The van der Waals surface area contributed by atoms with Gasteiger partial charge in [0.15, 0.2) is 5.96 Å². The second-order valence-electron chi connectivity index (χ2n) is 6.35. The van der Waals surface area contributed by atoms with Gasteiger partial charge in [-0.15, -0.1) is 0 Å². The minimum Gasteiger partial charge on any atom is -0.380 e. The molecule has 6 heteroatoms. The molecular formula is C18H35N5O. The van der Waals surface area contributed by atoms with Gasteiger partial charge in [-0.3, -0.25) is 9.67 Å². The van der Waals surface area contributed by atoms with Gasteiger partial charge in [0.1, 0.15) is 0 Å². The van der Waals surface area contributed by atoms with Crippen molar-refractivity contribution in [1.29, 1.82) is 0 Å². The molecule has 1 aromatic rings. The average molecular weight is 338 g/mol. The van der Waals surface area contributed by atoms with Crippen LogP contribution >= 0.6 is 0 Å². The van der Waals surface area contributed by atoms with Gasteiger partial charge in [-0.1, -0.05) is 27.7 Å². The van der Waals surface area contributed by atoms with E-state index in [0.717, 1.165) is 50.6 Å². The number of aryl methyl sites for hydroxylation is 2. The van der Waals surface area contributed by atoms with Crippen LogP contribution in [0.3, 0.4) is 0 Å². The van der Waals surface area contributed by atoms with E-state index in [1.54, 1.807) is 7.05 Å². The van der Waals surface area contributed by atoms with Crippen LogP contribution in [0.4, 0.5) is 0 Å². The Hall–Kier alpha value is -1.56. The monoisotopic (exact) mass is 337 g/mol. The van der Waals surface area contributed by atoms with Crippen molar-refractivity contribution in [2.24, 2.45) is 18.0 Å². The lowest BCUT2D eigenvalue weighted by Crippen LogP contribution is -2.38. The Kier molecular flexibility index (Phi) is 9.45. The molecule has 1 aromatic heterocycles. The van der Waals surface area contributed by atoms with E-state index in [-0.39, 0.29) is 0 Å². The zero-order chi connectivity index (χ0) is 17.9.